The Morgan fingerprint density at radius 3 is 2.82 bits per heavy atom. The zero-order valence-corrected chi connectivity index (χ0v) is 6.33. The molecule has 0 fully saturated rings. The number of anilines is 1. The van der Waals surface area contributed by atoms with E-state index in [0.29, 0.717) is 11.5 Å². The van der Waals surface area contributed by atoms with Gasteiger partial charge in [0.2, 0.25) is 0 Å². The normalized spacial score (nSPS) is 9.91. The molecule has 0 amide bonds. The van der Waals surface area contributed by atoms with Crippen molar-refractivity contribution in [3.63, 3.8) is 0 Å². The van der Waals surface area contributed by atoms with Crippen LogP contribution in [0.4, 0.5) is 5.82 Å². The van der Waals surface area contributed by atoms with Gasteiger partial charge in [-0.05, 0) is 6.92 Å². The van der Waals surface area contributed by atoms with Crippen LogP contribution in [0.1, 0.15) is 12.6 Å². The summed E-state index contributed by atoms with van der Waals surface area (Å²) in [5.41, 5.74) is 11.2. The van der Waals surface area contributed by atoms with Crippen molar-refractivity contribution in [1.29, 1.82) is 5.41 Å². The monoisotopic (exact) mass is 153 g/mol. The van der Waals surface area contributed by atoms with Crippen molar-refractivity contribution in [1.82, 2.24) is 9.55 Å². The minimum atomic E-state index is -0.0400. The number of hydrogen-bond donors (Lipinski definition) is 3. The number of nitrogens with two attached hydrogens (primary N) is 2. The Balaban J connectivity index is 3.17. The minimum absolute atomic E-state index is 0.0400. The van der Waals surface area contributed by atoms with Crippen molar-refractivity contribution >= 4 is 11.7 Å². The molecule has 0 atom stereocenters. The number of hydrogen-bond acceptors (Lipinski definition) is 3. The van der Waals surface area contributed by atoms with Gasteiger partial charge in [0.15, 0.2) is 5.82 Å². The second-order valence-corrected chi connectivity index (χ2v) is 2.18. The molecule has 0 bridgehead atoms. The fraction of sp³-hybridized carbons (Fsp3) is 0.333. The van der Waals surface area contributed by atoms with E-state index < -0.39 is 0 Å². The summed E-state index contributed by atoms with van der Waals surface area (Å²) in [4.78, 5) is 3.83. The summed E-state index contributed by atoms with van der Waals surface area (Å²) in [6, 6.07) is 0. The van der Waals surface area contributed by atoms with Gasteiger partial charge < -0.3 is 16.0 Å². The van der Waals surface area contributed by atoms with Crippen molar-refractivity contribution in [2.45, 2.75) is 13.5 Å². The molecule has 0 aliphatic rings. The molecule has 60 valence electrons. The largest absolute Gasteiger partial charge is 0.382 e. The van der Waals surface area contributed by atoms with Crippen LogP contribution in [-0.4, -0.2) is 15.4 Å². The highest BCUT2D eigenvalue weighted by Gasteiger charge is 2.08. The number of aryl methyl sites for hydroxylation is 1. The molecule has 0 aliphatic carbocycles. The van der Waals surface area contributed by atoms with Crippen molar-refractivity contribution in [2.24, 2.45) is 5.73 Å². The molecule has 5 N–H and O–H groups in total. The van der Waals surface area contributed by atoms with Gasteiger partial charge in [-0.3, -0.25) is 5.41 Å². The SMILES string of the molecule is CCn1cnc(N)c1C(=N)N. The summed E-state index contributed by atoms with van der Waals surface area (Å²) in [6.45, 7) is 2.66. The standard InChI is InChI=1S/C6H11N5/c1-2-11-3-10-6(9)4(11)5(7)8/h3H,2,9H2,1H3,(H3,7,8). The zero-order chi connectivity index (χ0) is 8.43. The van der Waals surface area contributed by atoms with E-state index in [-0.39, 0.29) is 5.84 Å². The third kappa shape index (κ3) is 1.17. The van der Waals surface area contributed by atoms with Crippen LogP contribution in [0.3, 0.4) is 0 Å². The molecule has 0 saturated heterocycles. The number of amidine groups is 1. The van der Waals surface area contributed by atoms with Gasteiger partial charge in [-0.25, -0.2) is 4.98 Å². The predicted molar refractivity (Wildman–Crippen MR) is 43.3 cm³/mol. The third-order valence-electron chi connectivity index (χ3n) is 1.46. The van der Waals surface area contributed by atoms with Gasteiger partial charge in [0, 0.05) is 6.54 Å². The molecule has 0 unspecified atom stereocenters. The molecule has 0 radical (unpaired) electrons. The van der Waals surface area contributed by atoms with Crippen LogP contribution in [0.5, 0.6) is 0 Å². The number of imidazole rings is 1. The molecule has 1 aromatic heterocycles. The summed E-state index contributed by atoms with van der Waals surface area (Å²) >= 11 is 0. The van der Waals surface area contributed by atoms with Crippen molar-refractivity contribution in [3.8, 4) is 0 Å². The Hall–Kier alpha value is -1.52. The van der Waals surface area contributed by atoms with Crippen LogP contribution in [0, 0.1) is 5.41 Å². The Morgan fingerprint density at radius 2 is 2.45 bits per heavy atom. The molecule has 0 saturated carbocycles. The van der Waals surface area contributed by atoms with Crippen molar-refractivity contribution in [2.75, 3.05) is 5.73 Å². The molecule has 11 heavy (non-hydrogen) atoms. The molecule has 0 aromatic carbocycles. The Bertz CT molecular complexity index is 275. The zero-order valence-electron chi connectivity index (χ0n) is 6.33. The van der Waals surface area contributed by atoms with E-state index in [1.807, 2.05) is 6.92 Å². The van der Waals surface area contributed by atoms with Crippen LogP contribution in [-0.2, 0) is 6.54 Å². The molecular formula is C6H11N5. The second kappa shape index (κ2) is 2.61. The predicted octanol–water partition coefficient (Wildman–Crippen LogP) is -0.231. The summed E-state index contributed by atoms with van der Waals surface area (Å²) in [5.74, 6) is 0.279. The average Bonchev–Trinajstić information content (AvgIpc) is 2.30. The summed E-state index contributed by atoms with van der Waals surface area (Å²) in [7, 11) is 0. The van der Waals surface area contributed by atoms with Gasteiger partial charge in [-0.2, -0.15) is 0 Å². The molecule has 0 aliphatic heterocycles. The molecule has 5 nitrogen and oxygen atoms in total. The van der Waals surface area contributed by atoms with Crippen LogP contribution < -0.4 is 11.5 Å². The van der Waals surface area contributed by atoms with Crippen LogP contribution in [0.2, 0.25) is 0 Å². The lowest BCUT2D eigenvalue weighted by Crippen LogP contribution is -2.17. The fourth-order valence-electron chi connectivity index (χ4n) is 0.930. The fourth-order valence-corrected chi connectivity index (χ4v) is 0.930. The average molecular weight is 153 g/mol. The maximum absolute atomic E-state index is 7.17. The van der Waals surface area contributed by atoms with E-state index in [1.165, 1.54) is 0 Å². The summed E-state index contributed by atoms with van der Waals surface area (Å²) in [6.07, 6.45) is 1.58. The smallest absolute Gasteiger partial charge is 0.152 e. The Morgan fingerprint density at radius 1 is 1.82 bits per heavy atom. The third-order valence-corrected chi connectivity index (χ3v) is 1.46. The van der Waals surface area contributed by atoms with E-state index in [9.17, 15) is 0 Å². The summed E-state index contributed by atoms with van der Waals surface area (Å²) in [5, 5.41) is 7.17. The van der Waals surface area contributed by atoms with E-state index in [1.54, 1.807) is 10.9 Å². The van der Waals surface area contributed by atoms with Crippen molar-refractivity contribution < 1.29 is 0 Å². The number of nitrogens with one attached hydrogen (secondary N) is 1. The quantitative estimate of drug-likeness (QED) is 0.404. The number of rotatable bonds is 2. The molecule has 5 heteroatoms. The first-order chi connectivity index (χ1) is 5.16. The molecular weight excluding hydrogens is 142 g/mol. The first-order valence-corrected chi connectivity index (χ1v) is 3.31. The van der Waals surface area contributed by atoms with Gasteiger partial charge in [-0.15, -0.1) is 0 Å². The number of nitrogens with zero attached hydrogens (tertiary/aromatic N) is 2. The number of nitrogen functional groups attached to an aromatic ring is 2. The minimum Gasteiger partial charge on any atom is -0.382 e. The van der Waals surface area contributed by atoms with Crippen LogP contribution in [0.15, 0.2) is 6.33 Å². The first-order valence-electron chi connectivity index (χ1n) is 3.31. The van der Waals surface area contributed by atoms with Gasteiger partial charge in [0.25, 0.3) is 0 Å². The lowest BCUT2D eigenvalue weighted by molar-refractivity contribution is 0.753. The topological polar surface area (TPSA) is 93.7 Å². The molecule has 1 aromatic rings. The van der Waals surface area contributed by atoms with Crippen LogP contribution in [0.25, 0.3) is 0 Å². The molecule has 1 rings (SSSR count). The summed E-state index contributed by atoms with van der Waals surface area (Å²) < 4.78 is 1.73. The highest BCUT2D eigenvalue weighted by molar-refractivity contribution is 5.97. The first kappa shape index (κ1) is 7.59. The lowest BCUT2D eigenvalue weighted by Gasteiger charge is -2.02. The lowest BCUT2D eigenvalue weighted by atomic mass is 10.4. The maximum Gasteiger partial charge on any atom is 0.152 e. The van der Waals surface area contributed by atoms with Gasteiger partial charge in [0.1, 0.15) is 11.5 Å². The Kier molecular flexibility index (Phi) is 1.80. The van der Waals surface area contributed by atoms with E-state index >= 15 is 0 Å². The Labute approximate surface area is 64.5 Å². The molecule has 0 spiro atoms. The van der Waals surface area contributed by atoms with Gasteiger partial charge in [0.05, 0.1) is 6.33 Å². The van der Waals surface area contributed by atoms with Gasteiger partial charge in [-0.1, -0.05) is 0 Å². The van der Waals surface area contributed by atoms with E-state index in [0.717, 1.165) is 6.54 Å². The number of aromatic nitrogens is 2. The highest BCUT2D eigenvalue weighted by Crippen LogP contribution is 2.07. The van der Waals surface area contributed by atoms with Gasteiger partial charge >= 0.3 is 0 Å². The maximum atomic E-state index is 7.17. The van der Waals surface area contributed by atoms with E-state index in [2.05, 4.69) is 4.98 Å². The highest BCUT2D eigenvalue weighted by atomic mass is 15.1. The molecule has 1 heterocycles. The van der Waals surface area contributed by atoms with Crippen molar-refractivity contribution in [3.05, 3.63) is 12.0 Å². The van der Waals surface area contributed by atoms with E-state index in [4.69, 9.17) is 16.9 Å². The second-order valence-electron chi connectivity index (χ2n) is 2.18. The van der Waals surface area contributed by atoms with Crippen LogP contribution >= 0.6 is 0 Å².